The van der Waals surface area contributed by atoms with Crippen molar-refractivity contribution in [2.24, 2.45) is 22.7 Å². The van der Waals surface area contributed by atoms with Crippen LogP contribution in [-0.2, 0) is 4.74 Å². The maximum atomic E-state index is 6.22. The highest BCUT2D eigenvalue weighted by molar-refractivity contribution is 5.30. The Hall–Kier alpha value is -1.02. The molecule has 1 rings (SSSR count). The third-order valence-corrected chi connectivity index (χ3v) is 4.70. The molecule has 0 radical (unpaired) electrons. The Labute approximate surface area is 169 Å². The number of hydrogen-bond donors (Lipinski definition) is 0. The van der Waals surface area contributed by atoms with E-state index in [-0.39, 0.29) is 17.1 Å². The van der Waals surface area contributed by atoms with Crippen LogP contribution in [0.5, 0.6) is 5.75 Å². The fourth-order valence-corrected chi connectivity index (χ4v) is 3.33. The van der Waals surface area contributed by atoms with Gasteiger partial charge in [0, 0.05) is 6.42 Å². The minimum atomic E-state index is -0.202. The molecule has 0 amide bonds. The van der Waals surface area contributed by atoms with Crippen molar-refractivity contribution in [2.45, 2.75) is 94.3 Å². The molecular weight excluding hydrogens is 332 g/mol. The third kappa shape index (κ3) is 9.65. The van der Waals surface area contributed by atoms with E-state index in [4.69, 9.17) is 9.47 Å². The number of hydrogen-bond acceptors (Lipinski definition) is 2. The van der Waals surface area contributed by atoms with Gasteiger partial charge < -0.3 is 9.47 Å². The van der Waals surface area contributed by atoms with Crippen LogP contribution in [-0.4, -0.2) is 12.9 Å². The summed E-state index contributed by atoms with van der Waals surface area (Å²) in [5.41, 5.74) is 1.82. The summed E-state index contributed by atoms with van der Waals surface area (Å²) in [5, 5.41) is 0. The van der Waals surface area contributed by atoms with Crippen molar-refractivity contribution in [1.29, 1.82) is 0 Å². The largest absolute Gasteiger partial charge is 0.465 e. The number of ether oxygens (including phenoxy) is 2. The Morgan fingerprint density at radius 3 is 1.78 bits per heavy atom. The van der Waals surface area contributed by atoms with Crippen molar-refractivity contribution in [2.75, 3.05) is 6.61 Å². The highest BCUT2D eigenvalue weighted by atomic mass is 16.7. The van der Waals surface area contributed by atoms with Crippen LogP contribution in [0.4, 0.5) is 0 Å². The van der Waals surface area contributed by atoms with E-state index in [1.165, 1.54) is 12.0 Å². The standard InChI is InChI=1S/C25H44O2/c1-18(2)15-22(25(8,9)10)20-11-13-21(14-12-20)27-23(16-24(5,6)7)26-17-19(3)4/h11-14,18-19,22-23H,15-17H2,1-10H3. The lowest BCUT2D eigenvalue weighted by Crippen LogP contribution is -2.28. The van der Waals surface area contributed by atoms with Crippen LogP contribution in [0.1, 0.15) is 93.6 Å². The molecule has 2 unspecified atom stereocenters. The fourth-order valence-electron chi connectivity index (χ4n) is 3.33. The van der Waals surface area contributed by atoms with Gasteiger partial charge in [-0.25, -0.2) is 0 Å². The molecule has 27 heavy (non-hydrogen) atoms. The summed E-state index contributed by atoms with van der Waals surface area (Å²) in [4.78, 5) is 0. The van der Waals surface area contributed by atoms with Gasteiger partial charge in [0.15, 0.2) is 6.29 Å². The number of rotatable bonds is 9. The van der Waals surface area contributed by atoms with Crippen molar-refractivity contribution < 1.29 is 9.47 Å². The van der Waals surface area contributed by atoms with E-state index in [0.717, 1.165) is 18.8 Å². The Morgan fingerprint density at radius 2 is 1.37 bits per heavy atom. The molecule has 2 atom stereocenters. The molecule has 2 heteroatoms. The van der Waals surface area contributed by atoms with Crippen LogP contribution in [0.25, 0.3) is 0 Å². The smallest absolute Gasteiger partial charge is 0.200 e. The molecule has 0 spiro atoms. The van der Waals surface area contributed by atoms with Gasteiger partial charge in [-0.1, -0.05) is 81.4 Å². The topological polar surface area (TPSA) is 18.5 Å². The van der Waals surface area contributed by atoms with Gasteiger partial charge in [-0.3, -0.25) is 0 Å². The molecular formula is C25H44O2. The third-order valence-electron chi connectivity index (χ3n) is 4.70. The first-order chi connectivity index (χ1) is 12.3. The summed E-state index contributed by atoms with van der Waals surface area (Å²) < 4.78 is 12.3. The maximum Gasteiger partial charge on any atom is 0.200 e. The molecule has 0 heterocycles. The predicted molar refractivity (Wildman–Crippen MR) is 117 cm³/mol. The molecule has 0 aliphatic carbocycles. The summed E-state index contributed by atoms with van der Waals surface area (Å²) in [7, 11) is 0. The van der Waals surface area contributed by atoms with Crippen molar-refractivity contribution in [3.05, 3.63) is 29.8 Å². The van der Waals surface area contributed by atoms with Gasteiger partial charge in [-0.2, -0.15) is 0 Å². The molecule has 1 aromatic rings. The lowest BCUT2D eigenvalue weighted by atomic mass is 9.72. The molecule has 0 aliphatic rings. The quantitative estimate of drug-likeness (QED) is 0.411. The molecule has 2 nitrogen and oxygen atoms in total. The molecule has 0 saturated heterocycles. The van der Waals surface area contributed by atoms with E-state index in [1.54, 1.807) is 0 Å². The first-order valence-corrected chi connectivity index (χ1v) is 10.7. The summed E-state index contributed by atoms with van der Waals surface area (Å²) in [6, 6.07) is 8.71. The van der Waals surface area contributed by atoms with Gasteiger partial charge >= 0.3 is 0 Å². The van der Waals surface area contributed by atoms with E-state index < -0.39 is 0 Å². The van der Waals surface area contributed by atoms with Gasteiger partial charge in [0.05, 0.1) is 6.61 Å². The highest BCUT2D eigenvalue weighted by Gasteiger charge is 2.27. The Kier molecular flexibility index (Phi) is 8.86. The van der Waals surface area contributed by atoms with E-state index in [9.17, 15) is 0 Å². The maximum absolute atomic E-state index is 6.22. The Bertz CT molecular complexity index is 529. The average Bonchev–Trinajstić information content (AvgIpc) is 2.48. The molecule has 0 N–H and O–H groups in total. The van der Waals surface area contributed by atoms with Crippen LogP contribution in [0.2, 0.25) is 0 Å². The summed E-state index contributed by atoms with van der Waals surface area (Å²) in [5.74, 6) is 2.64. The second-order valence-electron chi connectivity index (χ2n) is 11.2. The van der Waals surface area contributed by atoms with Gasteiger partial charge in [0.2, 0.25) is 0 Å². The normalized spacial score (nSPS) is 15.3. The minimum absolute atomic E-state index is 0.163. The van der Waals surface area contributed by atoms with Gasteiger partial charge in [-0.05, 0) is 52.7 Å². The summed E-state index contributed by atoms with van der Waals surface area (Å²) in [6.45, 7) is 23.4. The highest BCUT2D eigenvalue weighted by Crippen LogP contribution is 2.40. The van der Waals surface area contributed by atoms with Gasteiger partial charge in [-0.15, -0.1) is 0 Å². The first kappa shape index (κ1) is 24.0. The van der Waals surface area contributed by atoms with Gasteiger partial charge in [0.1, 0.15) is 5.75 Å². The van der Waals surface area contributed by atoms with Gasteiger partial charge in [0.25, 0.3) is 0 Å². The minimum Gasteiger partial charge on any atom is -0.465 e. The summed E-state index contributed by atoms with van der Waals surface area (Å²) >= 11 is 0. The van der Waals surface area contributed by atoms with Crippen LogP contribution < -0.4 is 4.74 Å². The summed E-state index contributed by atoms with van der Waals surface area (Å²) in [6.07, 6.45) is 1.88. The van der Waals surface area contributed by atoms with E-state index in [1.807, 2.05) is 0 Å². The zero-order chi connectivity index (χ0) is 20.8. The average molecular weight is 377 g/mol. The molecule has 1 aromatic carbocycles. The van der Waals surface area contributed by atoms with E-state index in [0.29, 0.717) is 17.8 Å². The zero-order valence-corrected chi connectivity index (χ0v) is 19.6. The Balaban J connectivity index is 2.90. The van der Waals surface area contributed by atoms with E-state index >= 15 is 0 Å². The van der Waals surface area contributed by atoms with Crippen molar-refractivity contribution in [1.82, 2.24) is 0 Å². The lowest BCUT2D eigenvalue weighted by Gasteiger charge is -2.33. The number of benzene rings is 1. The molecule has 0 bridgehead atoms. The van der Waals surface area contributed by atoms with Crippen LogP contribution in [0.15, 0.2) is 24.3 Å². The molecule has 0 aliphatic heterocycles. The zero-order valence-electron chi connectivity index (χ0n) is 19.6. The molecule has 156 valence electrons. The van der Waals surface area contributed by atoms with Crippen molar-refractivity contribution in [3.8, 4) is 5.75 Å². The van der Waals surface area contributed by atoms with Crippen molar-refractivity contribution >= 4 is 0 Å². The van der Waals surface area contributed by atoms with Crippen molar-refractivity contribution in [3.63, 3.8) is 0 Å². The Morgan fingerprint density at radius 1 is 0.815 bits per heavy atom. The van der Waals surface area contributed by atoms with Crippen LogP contribution in [0.3, 0.4) is 0 Å². The monoisotopic (exact) mass is 376 g/mol. The molecule has 0 aromatic heterocycles. The van der Waals surface area contributed by atoms with Crippen LogP contribution >= 0.6 is 0 Å². The first-order valence-electron chi connectivity index (χ1n) is 10.7. The second kappa shape index (κ2) is 9.96. The van der Waals surface area contributed by atoms with Crippen LogP contribution in [0, 0.1) is 22.7 Å². The predicted octanol–water partition coefficient (Wildman–Crippen LogP) is 7.68. The second-order valence-corrected chi connectivity index (χ2v) is 11.2. The fraction of sp³-hybridized carbons (Fsp3) is 0.760. The lowest BCUT2D eigenvalue weighted by molar-refractivity contribution is -0.107. The molecule has 0 fully saturated rings. The SMILES string of the molecule is CC(C)COC(CC(C)(C)C)Oc1ccc(C(CC(C)C)C(C)(C)C)cc1. The molecule has 0 saturated carbocycles. The van der Waals surface area contributed by atoms with E-state index in [2.05, 4.69) is 93.5 Å².